The van der Waals surface area contributed by atoms with Crippen molar-refractivity contribution < 1.29 is 9.31 Å². The van der Waals surface area contributed by atoms with Gasteiger partial charge in [-0.3, -0.25) is 9.69 Å². The van der Waals surface area contributed by atoms with Gasteiger partial charge in [0.25, 0.3) is 0 Å². The minimum Gasteiger partial charge on any atom is -0.407 e. The lowest BCUT2D eigenvalue weighted by Gasteiger charge is -2.12. The molecule has 0 aromatic heterocycles. The van der Waals surface area contributed by atoms with Crippen LogP contribution in [-0.2, 0) is 22.3 Å². The van der Waals surface area contributed by atoms with E-state index in [1.165, 1.54) is 0 Å². The molecule has 1 heterocycles. The molecule has 2 aromatic rings. The standard InChI is InChI=1S/C21H22BN3O2/c1-23-20-9-7-17(14-21(20)24-2)12-16-6-8-19-18(13-16)15-27-22(19)26-11-5-10-25(3)4/h6-9,13-14H,5,10-12,15H2,3-4H3. The summed E-state index contributed by atoms with van der Waals surface area (Å²) in [6.45, 7) is 16.6. The lowest BCUT2D eigenvalue weighted by molar-refractivity contribution is 0.202. The van der Waals surface area contributed by atoms with Crippen molar-refractivity contribution >= 4 is 24.0 Å². The van der Waals surface area contributed by atoms with Crippen molar-refractivity contribution in [2.24, 2.45) is 0 Å². The number of nitrogens with zero attached hydrogens (tertiary/aromatic N) is 3. The van der Waals surface area contributed by atoms with Crippen molar-refractivity contribution in [3.05, 3.63) is 75.9 Å². The first-order valence-electron chi connectivity index (χ1n) is 8.98. The minimum atomic E-state index is -0.275. The molecule has 0 unspecified atom stereocenters. The highest BCUT2D eigenvalue weighted by Crippen LogP contribution is 2.30. The number of hydrogen-bond donors (Lipinski definition) is 0. The van der Waals surface area contributed by atoms with Crippen LogP contribution in [0.3, 0.4) is 0 Å². The lowest BCUT2D eigenvalue weighted by Crippen LogP contribution is -2.33. The molecule has 0 radical (unpaired) electrons. The van der Waals surface area contributed by atoms with Crippen molar-refractivity contribution in [2.75, 3.05) is 27.2 Å². The molecule has 27 heavy (non-hydrogen) atoms. The van der Waals surface area contributed by atoms with Gasteiger partial charge >= 0.3 is 7.12 Å². The van der Waals surface area contributed by atoms with Gasteiger partial charge < -0.3 is 14.2 Å². The first-order valence-corrected chi connectivity index (χ1v) is 8.98. The third kappa shape index (κ3) is 4.75. The molecule has 0 spiro atoms. The van der Waals surface area contributed by atoms with Gasteiger partial charge in [-0.2, -0.15) is 0 Å². The van der Waals surface area contributed by atoms with Crippen LogP contribution in [0.5, 0.6) is 0 Å². The first-order chi connectivity index (χ1) is 13.1. The molecule has 136 valence electrons. The van der Waals surface area contributed by atoms with Gasteiger partial charge in [0.2, 0.25) is 0 Å². The van der Waals surface area contributed by atoms with Crippen LogP contribution in [-0.4, -0.2) is 39.3 Å². The van der Waals surface area contributed by atoms with Crippen molar-refractivity contribution in [3.8, 4) is 0 Å². The quantitative estimate of drug-likeness (QED) is 0.430. The summed E-state index contributed by atoms with van der Waals surface area (Å²) >= 11 is 0. The molecule has 0 aliphatic carbocycles. The number of rotatable bonds is 7. The molecule has 0 fully saturated rings. The molecule has 0 saturated carbocycles. The van der Waals surface area contributed by atoms with Crippen LogP contribution in [0.1, 0.15) is 23.1 Å². The average Bonchev–Trinajstić information content (AvgIpc) is 3.07. The molecule has 6 heteroatoms. The monoisotopic (exact) mass is 359 g/mol. The van der Waals surface area contributed by atoms with Crippen LogP contribution >= 0.6 is 0 Å². The van der Waals surface area contributed by atoms with Crippen molar-refractivity contribution in [1.29, 1.82) is 0 Å². The Morgan fingerprint density at radius 2 is 1.81 bits per heavy atom. The van der Waals surface area contributed by atoms with Crippen LogP contribution in [0, 0.1) is 13.1 Å². The van der Waals surface area contributed by atoms with E-state index < -0.39 is 0 Å². The van der Waals surface area contributed by atoms with E-state index in [1.807, 2.05) is 6.07 Å². The third-order valence-electron chi connectivity index (χ3n) is 4.56. The Labute approximate surface area is 161 Å². The molecule has 0 N–H and O–H groups in total. The van der Waals surface area contributed by atoms with Crippen molar-refractivity contribution in [3.63, 3.8) is 0 Å². The SMILES string of the molecule is [C-]#[N+]c1ccc(Cc2ccc3c(c2)COB3OCCCN(C)C)cc1[N+]#[C-]. The molecule has 1 aliphatic heterocycles. The fraction of sp³-hybridized carbons (Fsp3) is 0.333. The Morgan fingerprint density at radius 1 is 1.07 bits per heavy atom. The second kappa shape index (κ2) is 8.84. The Bertz CT molecular complexity index is 899. The fourth-order valence-electron chi connectivity index (χ4n) is 3.19. The van der Waals surface area contributed by atoms with E-state index in [9.17, 15) is 0 Å². The summed E-state index contributed by atoms with van der Waals surface area (Å²) in [5, 5.41) is 0. The highest BCUT2D eigenvalue weighted by Gasteiger charge is 2.30. The van der Waals surface area contributed by atoms with Crippen molar-refractivity contribution in [1.82, 2.24) is 4.90 Å². The number of benzene rings is 2. The van der Waals surface area contributed by atoms with Gasteiger partial charge in [0.1, 0.15) is 0 Å². The summed E-state index contributed by atoms with van der Waals surface area (Å²) in [6, 6.07) is 11.8. The third-order valence-corrected chi connectivity index (χ3v) is 4.56. The number of fused-ring (bicyclic) bond motifs is 1. The Balaban J connectivity index is 1.65. The minimum absolute atomic E-state index is 0.275. The first kappa shape index (κ1) is 19.1. The van der Waals surface area contributed by atoms with Gasteiger partial charge in [-0.05, 0) is 50.1 Å². The summed E-state index contributed by atoms with van der Waals surface area (Å²) in [5.41, 5.74) is 5.28. The Hall–Kier alpha value is -2.64. The van der Waals surface area contributed by atoms with Gasteiger partial charge in [0.05, 0.1) is 19.8 Å². The van der Waals surface area contributed by atoms with Gasteiger partial charge in [-0.25, -0.2) is 0 Å². The van der Waals surface area contributed by atoms with Gasteiger partial charge in [-0.15, -0.1) is 0 Å². The molecular formula is C21H22BN3O2. The van der Waals surface area contributed by atoms with Gasteiger partial charge in [-0.1, -0.05) is 42.0 Å². The number of hydrogen-bond acceptors (Lipinski definition) is 3. The second-order valence-electron chi connectivity index (χ2n) is 6.93. The maximum atomic E-state index is 7.23. The predicted octanol–water partition coefficient (Wildman–Crippen LogP) is 3.57. The molecule has 0 bridgehead atoms. The van der Waals surface area contributed by atoms with E-state index in [-0.39, 0.29) is 7.12 Å². The summed E-state index contributed by atoms with van der Waals surface area (Å²) in [5.74, 6) is 0. The van der Waals surface area contributed by atoms with Crippen LogP contribution in [0.25, 0.3) is 9.69 Å². The second-order valence-corrected chi connectivity index (χ2v) is 6.93. The maximum absolute atomic E-state index is 7.23. The van der Waals surface area contributed by atoms with E-state index in [0.717, 1.165) is 41.5 Å². The van der Waals surface area contributed by atoms with Crippen molar-refractivity contribution in [2.45, 2.75) is 19.4 Å². The van der Waals surface area contributed by atoms with E-state index in [2.05, 4.69) is 46.9 Å². The van der Waals surface area contributed by atoms with E-state index >= 15 is 0 Å². The molecule has 0 atom stereocenters. The molecule has 0 amide bonds. The molecule has 1 aliphatic rings. The Kier molecular flexibility index (Phi) is 6.26. The largest absolute Gasteiger partial charge is 0.494 e. The van der Waals surface area contributed by atoms with Crippen LogP contribution in [0.15, 0.2) is 36.4 Å². The molecular weight excluding hydrogens is 337 g/mol. The highest BCUT2D eigenvalue weighted by atomic mass is 16.6. The summed E-state index contributed by atoms with van der Waals surface area (Å²) in [6.07, 6.45) is 1.70. The smallest absolute Gasteiger partial charge is 0.407 e. The lowest BCUT2D eigenvalue weighted by atomic mass is 9.78. The van der Waals surface area contributed by atoms with Crippen LogP contribution in [0.2, 0.25) is 0 Å². The van der Waals surface area contributed by atoms with E-state index in [1.54, 1.807) is 12.1 Å². The fourth-order valence-corrected chi connectivity index (χ4v) is 3.19. The van der Waals surface area contributed by atoms with Crippen LogP contribution in [0.4, 0.5) is 11.4 Å². The van der Waals surface area contributed by atoms with Gasteiger partial charge in [0, 0.05) is 6.61 Å². The summed E-state index contributed by atoms with van der Waals surface area (Å²) in [7, 11) is 3.83. The zero-order chi connectivity index (χ0) is 19.2. The summed E-state index contributed by atoms with van der Waals surface area (Å²) in [4.78, 5) is 8.98. The molecule has 5 nitrogen and oxygen atoms in total. The van der Waals surface area contributed by atoms with Gasteiger partial charge in [0.15, 0.2) is 11.4 Å². The van der Waals surface area contributed by atoms with Crippen LogP contribution < -0.4 is 5.46 Å². The normalized spacial score (nSPS) is 12.7. The Morgan fingerprint density at radius 3 is 2.56 bits per heavy atom. The molecule has 0 saturated heterocycles. The topological polar surface area (TPSA) is 30.4 Å². The average molecular weight is 359 g/mol. The van der Waals surface area contributed by atoms with E-state index in [4.69, 9.17) is 22.5 Å². The zero-order valence-electron chi connectivity index (χ0n) is 15.7. The molecule has 2 aromatic carbocycles. The molecule has 3 rings (SSSR count). The predicted molar refractivity (Wildman–Crippen MR) is 108 cm³/mol. The highest BCUT2D eigenvalue weighted by molar-refractivity contribution is 6.62. The zero-order valence-corrected chi connectivity index (χ0v) is 15.7. The summed E-state index contributed by atoms with van der Waals surface area (Å²) < 4.78 is 11.7. The van der Waals surface area contributed by atoms with E-state index in [0.29, 0.717) is 24.6 Å². The maximum Gasteiger partial charge on any atom is 0.494 e.